The van der Waals surface area contributed by atoms with Gasteiger partial charge in [-0.1, -0.05) is 0 Å². The van der Waals surface area contributed by atoms with Crippen molar-refractivity contribution in [3.8, 4) is 0 Å². The lowest BCUT2D eigenvalue weighted by atomic mass is 9.92. The van der Waals surface area contributed by atoms with Crippen LogP contribution >= 0.6 is 0 Å². The maximum atomic E-state index is 11.7. The molecule has 1 atom stereocenters. The van der Waals surface area contributed by atoms with Crippen molar-refractivity contribution in [3.05, 3.63) is 29.6 Å². The summed E-state index contributed by atoms with van der Waals surface area (Å²) >= 11 is 0. The third-order valence-electron chi connectivity index (χ3n) is 3.09. The fraction of sp³-hybridized carbons (Fsp3) is 0.385. The molecule has 0 radical (unpaired) electrons. The van der Waals surface area contributed by atoms with Crippen LogP contribution in [0.1, 0.15) is 28.9 Å². The summed E-state index contributed by atoms with van der Waals surface area (Å²) in [5.41, 5.74) is 0.874. The maximum Gasteiger partial charge on any atom is 0.339 e. The van der Waals surface area contributed by atoms with Crippen LogP contribution in [0.3, 0.4) is 0 Å². The fourth-order valence-corrected chi connectivity index (χ4v) is 2.06. The first-order chi connectivity index (χ1) is 9.11. The van der Waals surface area contributed by atoms with Crippen molar-refractivity contribution in [2.75, 3.05) is 7.11 Å². The summed E-state index contributed by atoms with van der Waals surface area (Å²) in [6.45, 7) is 0. The highest BCUT2D eigenvalue weighted by molar-refractivity contribution is 5.99. The quantitative estimate of drug-likeness (QED) is 0.632. The first-order valence-electron chi connectivity index (χ1n) is 5.97. The summed E-state index contributed by atoms with van der Waals surface area (Å²) in [6, 6.07) is 3.25. The van der Waals surface area contributed by atoms with E-state index < -0.39 is 5.97 Å². The molecule has 0 saturated carbocycles. The van der Waals surface area contributed by atoms with Gasteiger partial charge in [-0.15, -0.1) is 0 Å². The Balaban J connectivity index is 2.17. The molecule has 0 aromatic carbocycles. The first kappa shape index (κ1) is 13.2. The van der Waals surface area contributed by atoms with Crippen molar-refractivity contribution in [1.82, 2.24) is 10.3 Å². The monoisotopic (exact) mass is 262 g/mol. The number of nitrogens with zero attached hydrogens (tertiary/aromatic N) is 1. The molecule has 0 aliphatic carbocycles. The number of hydrogen-bond acceptors (Lipinski definition) is 5. The van der Waals surface area contributed by atoms with E-state index in [9.17, 15) is 14.4 Å². The molecule has 1 aliphatic rings. The molecule has 2 amide bonds. The summed E-state index contributed by atoms with van der Waals surface area (Å²) in [5.74, 6) is -1.38. The van der Waals surface area contributed by atoms with E-state index in [0.29, 0.717) is 30.5 Å². The highest BCUT2D eigenvalue weighted by Crippen LogP contribution is 2.19. The van der Waals surface area contributed by atoms with E-state index in [0.717, 1.165) is 0 Å². The number of aromatic nitrogens is 1. The minimum absolute atomic E-state index is 0.254. The highest BCUT2D eigenvalue weighted by Gasteiger charge is 2.28. The van der Waals surface area contributed by atoms with Gasteiger partial charge in [0.15, 0.2) is 0 Å². The Bertz CT molecular complexity index is 527. The van der Waals surface area contributed by atoms with Gasteiger partial charge in [-0.2, -0.15) is 0 Å². The van der Waals surface area contributed by atoms with Crippen LogP contribution in [0.25, 0.3) is 0 Å². The Kier molecular flexibility index (Phi) is 3.89. The summed E-state index contributed by atoms with van der Waals surface area (Å²) < 4.78 is 4.68. The third-order valence-corrected chi connectivity index (χ3v) is 3.09. The SMILES string of the molecule is COC(=O)c1cccnc1CC1CCC(=O)NC1=O. The number of carbonyl (C=O) groups excluding carboxylic acids is 3. The molecule has 1 fully saturated rings. The minimum Gasteiger partial charge on any atom is -0.465 e. The Labute approximate surface area is 110 Å². The van der Waals surface area contributed by atoms with Crippen LogP contribution in [0.4, 0.5) is 0 Å². The van der Waals surface area contributed by atoms with Gasteiger partial charge in [-0.25, -0.2) is 4.79 Å². The molecule has 0 spiro atoms. The van der Waals surface area contributed by atoms with Gasteiger partial charge in [-0.3, -0.25) is 19.9 Å². The Morgan fingerprint density at radius 1 is 1.53 bits per heavy atom. The molecular weight excluding hydrogens is 248 g/mol. The van der Waals surface area contributed by atoms with Crippen LogP contribution in [-0.2, 0) is 20.7 Å². The number of esters is 1. The zero-order valence-corrected chi connectivity index (χ0v) is 10.5. The van der Waals surface area contributed by atoms with Gasteiger partial charge in [0.05, 0.1) is 18.4 Å². The van der Waals surface area contributed by atoms with Crippen molar-refractivity contribution in [2.45, 2.75) is 19.3 Å². The number of imide groups is 1. The van der Waals surface area contributed by atoms with Gasteiger partial charge < -0.3 is 4.74 Å². The van der Waals surface area contributed by atoms with Crippen LogP contribution in [0.15, 0.2) is 18.3 Å². The van der Waals surface area contributed by atoms with Crippen molar-refractivity contribution < 1.29 is 19.1 Å². The van der Waals surface area contributed by atoms with E-state index in [4.69, 9.17) is 0 Å². The summed E-state index contributed by atoms with van der Waals surface area (Å²) in [6.07, 6.45) is 2.68. The molecular formula is C13H14N2O4. The number of ether oxygens (including phenoxy) is 1. The molecule has 1 unspecified atom stereocenters. The largest absolute Gasteiger partial charge is 0.465 e. The van der Waals surface area contributed by atoms with E-state index in [2.05, 4.69) is 15.0 Å². The zero-order valence-electron chi connectivity index (χ0n) is 10.5. The van der Waals surface area contributed by atoms with Crippen molar-refractivity contribution in [3.63, 3.8) is 0 Å². The third kappa shape index (κ3) is 2.96. The average Bonchev–Trinajstić information content (AvgIpc) is 2.41. The maximum absolute atomic E-state index is 11.7. The molecule has 100 valence electrons. The van der Waals surface area contributed by atoms with Crippen LogP contribution in [0.5, 0.6) is 0 Å². The molecule has 1 aromatic rings. The van der Waals surface area contributed by atoms with Crippen molar-refractivity contribution in [2.24, 2.45) is 5.92 Å². The lowest BCUT2D eigenvalue weighted by Gasteiger charge is -2.20. The molecule has 2 rings (SSSR count). The molecule has 19 heavy (non-hydrogen) atoms. The smallest absolute Gasteiger partial charge is 0.339 e. The van der Waals surface area contributed by atoms with E-state index in [1.807, 2.05) is 0 Å². The number of rotatable bonds is 3. The molecule has 6 heteroatoms. The van der Waals surface area contributed by atoms with E-state index in [1.165, 1.54) is 7.11 Å². The number of nitrogens with one attached hydrogen (secondary N) is 1. The Hall–Kier alpha value is -2.24. The lowest BCUT2D eigenvalue weighted by Crippen LogP contribution is -2.41. The second-order valence-corrected chi connectivity index (χ2v) is 4.34. The number of carbonyl (C=O) groups is 3. The highest BCUT2D eigenvalue weighted by atomic mass is 16.5. The predicted molar refractivity (Wildman–Crippen MR) is 65.2 cm³/mol. The molecule has 2 heterocycles. The Morgan fingerprint density at radius 3 is 3.00 bits per heavy atom. The predicted octanol–water partition coefficient (Wildman–Crippen LogP) is 0.463. The molecule has 0 bridgehead atoms. The summed E-state index contributed by atoms with van der Waals surface area (Å²) in [4.78, 5) is 38.5. The number of hydrogen-bond donors (Lipinski definition) is 1. The molecule has 6 nitrogen and oxygen atoms in total. The molecule has 1 aliphatic heterocycles. The van der Waals surface area contributed by atoms with Crippen molar-refractivity contribution >= 4 is 17.8 Å². The van der Waals surface area contributed by atoms with Gasteiger partial charge in [0, 0.05) is 25.0 Å². The van der Waals surface area contributed by atoms with Crippen LogP contribution in [0, 0.1) is 5.92 Å². The molecule has 1 aromatic heterocycles. The van der Waals surface area contributed by atoms with Crippen LogP contribution < -0.4 is 5.32 Å². The standard InChI is InChI=1S/C13H14N2O4/c1-19-13(18)9-3-2-6-14-10(9)7-8-4-5-11(16)15-12(8)17/h2-3,6,8H,4-5,7H2,1H3,(H,15,16,17). The average molecular weight is 262 g/mol. The number of amides is 2. The van der Waals surface area contributed by atoms with E-state index in [1.54, 1.807) is 18.3 Å². The lowest BCUT2D eigenvalue weighted by molar-refractivity contribution is -0.136. The second-order valence-electron chi connectivity index (χ2n) is 4.34. The Morgan fingerprint density at radius 2 is 2.32 bits per heavy atom. The number of methoxy groups -OCH3 is 1. The van der Waals surface area contributed by atoms with E-state index in [-0.39, 0.29) is 17.7 Å². The summed E-state index contributed by atoms with van der Waals surface area (Å²) in [5, 5.41) is 2.29. The number of piperidine rings is 1. The topological polar surface area (TPSA) is 85.4 Å². The van der Waals surface area contributed by atoms with Gasteiger partial charge in [-0.05, 0) is 18.6 Å². The molecule has 1 saturated heterocycles. The van der Waals surface area contributed by atoms with Gasteiger partial charge in [0.25, 0.3) is 0 Å². The fourth-order valence-electron chi connectivity index (χ4n) is 2.06. The van der Waals surface area contributed by atoms with Crippen molar-refractivity contribution in [1.29, 1.82) is 0 Å². The second kappa shape index (κ2) is 5.60. The summed E-state index contributed by atoms with van der Waals surface area (Å²) in [7, 11) is 1.30. The van der Waals surface area contributed by atoms with Gasteiger partial charge in [0.1, 0.15) is 0 Å². The number of pyridine rings is 1. The van der Waals surface area contributed by atoms with Gasteiger partial charge in [0.2, 0.25) is 11.8 Å². The normalized spacial score (nSPS) is 18.9. The first-order valence-corrected chi connectivity index (χ1v) is 5.97. The van der Waals surface area contributed by atoms with Crippen LogP contribution in [-0.4, -0.2) is 29.9 Å². The van der Waals surface area contributed by atoms with Crippen LogP contribution in [0.2, 0.25) is 0 Å². The zero-order chi connectivity index (χ0) is 13.8. The van der Waals surface area contributed by atoms with Gasteiger partial charge >= 0.3 is 5.97 Å². The molecule has 1 N–H and O–H groups in total. The minimum atomic E-state index is -0.476. The van der Waals surface area contributed by atoms with E-state index >= 15 is 0 Å².